The van der Waals surface area contributed by atoms with E-state index in [-0.39, 0.29) is 34.6 Å². The number of halogens is 3. The predicted octanol–water partition coefficient (Wildman–Crippen LogP) is 6.08. The van der Waals surface area contributed by atoms with Gasteiger partial charge in [-0.25, -0.2) is 8.42 Å². The molecule has 0 heterocycles. The molecule has 0 saturated heterocycles. The Hall–Kier alpha value is -2.59. The van der Waals surface area contributed by atoms with Crippen LogP contribution in [0.3, 0.4) is 0 Å². The first-order valence-corrected chi connectivity index (χ1v) is 16.2. The number of carbonyl (C=O) groups is 2. The minimum absolute atomic E-state index is 0.0139. The van der Waals surface area contributed by atoms with Crippen LogP contribution < -0.4 is 9.62 Å². The largest absolute Gasteiger partial charge is 0.354 e. The molecule has 11 heteroatoms. The third-order valence-electron chi connectivity index (χ3n) is 6.25. The highest BCUT2D eigenvalue weighted by atomic mass is 79.9. The van der Waals surface area contributed by atoms with Crippen molar-refractivity contribution in [1.82, 2.24) is 10.2 Å². The number of sulfonamides is 1. The molecule has 3 aromatic rings. The van der Waals surface area contributed by atoms with E-state index in [1.165, 1.54) is 17.0 Å². The van der Waals surface area contributed by atoms with E-state index in [1.54, 1.807) is 6.07 Å². The van der Waals surface area contributed by atoms with Crippen LogP contribution in [-0.2, 0) is 32.6 Å². The van der Waals surface area contributed by atoms with Crippen LogP contribution in [0, 0.1) is 0 Å². The van der Waals surface area contributed by atoms with Gasteiger partial charge < -0.3 is 10.2 Å². The molecular weight excluding hydrogens is 637 g/mol. The van der Waals surface area contributed by atoms with Crippen molar-refractivity contribution < 1.29 is 18.0 Å². The molecule has 0 radical (unpaired) electrons. The second-order valence-electron chi connectivity index (χ2n) is 9.34. The molecular formula is C29H32BrCl2N3O4S. The smallest absolute Gasteiger partial charge is 0.244 e. The molecule has 0 saturated carbocycles. The van der Waals surface area contributed by atoms with Crippen molar-refractivity contribution in [2.75, 3.05) is 23.7 Å². The Balaban J connectivity index is 2.05. The average Bonchev–Trinajstić information content (AvgIpc) is 2.92. The maximum Gasteiger partial charge on any atom is 0.244 e. The van der Waals surface area contributed by atoms with Crippen LogP contribution in [0.2, 0.25) is 10.0 Å². The van der Waals surface area contributed by atoms with Gasteiger partial charge in [0.1, 0.15) is 12.6 Å². The molecule has 0 aliphatic carbocycles. The zero-order chi connectivity index (χ0) is 29.3. The topological polar surface area (TPSA) is 86.8 Å². The summed E-state index contributed by atoms with van der Waals surface area (Å²) in [4.78, 5) is 29.1. The second-order valence-corrected chi connectivity index (χ2v) is 12.9. The molecule has 0 unspecified atom stereocenters. The first kappa shape index (κ1) is 31.9. The van der Waals surface area contributed by atoms with Crippen molar-refractivity contribution in [1.29, 1.82) is 0 Å². The Morgan fingerprint density at radius 2 is 1.62 bits per heavy atom. The predicted molar refractivity (Wildman–Crippen MR) is 165 cm³/mol. The molecule has 214 valence electrons. The number of hydrogen-bond donors (Lipinski definition) is 1. The van der Waals surface area contributed by atoms with E-state index in [4.69, 9.17) is 23.2 Å². The summed E-state index contributed by atoms with van der Waals surface area (Å²) in [5, 5.41) is 3.13. The van der Waals surface area contributed by atoms with Gasteiger partial charge in [0, 0.05) is 24.0 Å². The van der Waals surface area contributed by atoms with E-state index in [1.807, 2.05) is 61.5 Å². The van der Waals surface area contributed by atoms with Crippen LogP contribution in [0.5, 0.6) is 0 Å². The molecule has 0 aliphatic heterocycles. The lowest BCUT2D eigenvalue weighted by Crippen LogP contribution is -2.53. The molecule has 0 bridgehead atoms. The number of unbranched alkanes of at least 4 members (excludes halogenated alkanes) is 1. The quantitative estimate of drug-likeness (QED) is 0.224. The van der Waals surface area contributed by atoms with Gasteiger partial charge in [0.05, 0.1) is 22.0 Å². The number of nitrogens with one attached hydrogen (secondary N) is 1. The molecule has 1 atom stereocenters. The molecule has 3 rings (SSSR count). The SMILES string of the molecule is CCCCNC(=O)[C@@H](Cc1ccccc1)N(Cc1ccc(Br)cc1)C(=O)CN(c1cccc(Cl)c1Cl)S(C)(=O)=O. The van der Waals surface area contributed by atoms with E-state index in [2.05, 4.69) is 21.2 Å². The number of carbonyl (C=O) groups excluding carboxylic acids is 2. The van der Waals surface area contributed by atoms with Crippen LogP contribution >= 0.6 is 39.1 Å². The van der Waals surface area contributed by atoms with Crippen LogP contribution in [-0.4, -0.2) is 50.5 Å². The van der Waals surface area contributed by atoms with E-state index in [0.717, 1.165) is 39.0 Å². The van der Waals surface area contributed by atoms with Gasteiger partial charge in [-0.3, -0.25) is 13.9 Å². The van der Waals surface area contributed by atoms with E-state index in [0.29, 0.717) is 6.54 Å². The highest BCUT2D eigenvalue weighted by molar-refractivity contribution is 9.10. The zero-order valence-corrected chi connectivity index (χ0v) is 26.2. The van der Waals surface area contributed by atoms with E-state index < -0.39 is 28.5 Å². The Morgan fingerprint density at radius 3 is 2.25 bits per heavy atom. The zero-order valence-electron chi connectivity index (χ0n) is 22.3. The van der Waals surface area contributed by atoms with Crippen LogP contribution in [0.1, 0.15) is 30.9 Å². The fourth-order valence-corrected chi connectivity index (χ4v) is 5.69. The van der Waals surface area contributed by atoms with Gasteiger partial charge in [-0.2, -0.15) is 0 Å². The average molecular weight is 669 g/mol. The van der Waals surface area contributed by atoms with Gasteiger partial charge in [0.25, 0.3) is 0 Å². The van der Waals surface area contributed by atoms with Crippen LogP contribution in [0.25, 0.3) is 0 Å². The summed E-state index contributed by atoms with van der Waals surface area (Å²) in [6.45, 7) is 2.01. The molecule has 0 aromatic heterocycles. The first-order chi connectivity index (χ1) is 19.0. The molecule has 0 aliphatic rings. The Bertz CT molecular complexity index is 1410. The number of amides is 2. The van der Waals surface area contributed by atoms with Crippen molar-refractivity contribution in [2.24, 2.45) is 0 Å². The highest BCUT2D eigenvalue weighted by Crippen LogP contribution is 2.34. The monoisotopic (exact) mass is 667 g/mol. The highest BCUT2D eigenvalue weighted by Gasteiger charge is 2.33. The lowest BCUT2D eigenvalue weighted by molar-refractivity contribution is -0.140. The standard InChI is InChI=1S/C29H32BrCl2N3O4S/c1-3-4-17-33-29(37)26(18-21-9-6-5-7-10-21)34(19-22-13-15-23(30)16-14-22)27(36)20-35(40(2,38)39)25-12-8-11-24(31)28(25)32/h5-16,26H,3-4,17-20H2,1-2H3,(H,33,37)/t26-/m1/s1. The molecule has 1 N–H and O–H groups in total. The lowest BCUT2D eigenvalue weighted by Gasteiger charge is -2.33. The summed E-state index contributed by atoms with van der Waals surface area (Å²) in [5.74, 6) is -0.870. The Labute approximate surface area is 254 Å². The molecule has 0 spiro atoms. The number of hydrogen-bond acceptors (Lipinski definition) is 4. The number of nitrogens with zero attached hydrogens (tertiary/aromatic N) is 2. The molecule has 2 amide bonds. The van der Waals surface area contributed by atoms with Crippen molar-refractivity contribution in [2.45, 2.75) is 38.8 Å². The summed E-state index contributed by atoms with van der Waals surface area (Å²) in [6.07, 6.45) is 2.93. The molecule has 3 aromatic carbocycles. The van der Waals surface area contributed by atoms with Crippen molar-refractivity contribution in [3.63, 3.8) is 0 Å². The van der Waals surface area contributed by atoms with Gasteiger partial charge >= 0.3 is 0 Å². The maximum atomic E-state index is 14.1. The summed E-state index contributed by atoms with van der Waals surface area (Å²) >= 11 is 15.9. The third kappa shape index (κ3) is 8.96. The second kappa shape index (κ2) is 14.9. The molecule has 0 fully saturated rings. The Kier molecular flexibility index (Phi) is 11.9. The van der Waals surface area contributed by atoms with E-state index in [9.17, 15) is 18.0 Å². The van der Waals surface area contributed by atoms with Crippen LogP contribution in [0.15, 0.2) is 77.3 Å². The van der Waals surface area contributed by atoms with E-state index >= 15 is 0 Å². The number of anilines is 1. The van der Waals surface area contributed by atoms with Crippen molar-refractivity contribution >= 4 is 66.7 Å². The fourth-order valence-electron chi connectivity index (χ4n) is 4.13. The third-order valence-corrected chi connectivity index (χ3v) is 8.71. The van der Waals surface area contributed by atoms with Gasteiger partial charge in [0.2, 0.25) is 21.8 Å². The summed E-state index contributed by atoms with van der Waals surface area (Å²) in [6, 6.07) is 20.5. The number of benzene rings is 3. The normalized spacial score (nSPS) is 12.0. The maximum absolute atomic E-state index is 14.1. The Morgan fingerprint density at radius 1 is 0.950 bits per heavy atom. The molecule has 40 heavy (non-hydrogen) atoms. The number of rotatable bonds is 13. The van der Waals surface area contributed by atoms with Gasteiger partial charge in [-0.05, 0) is 41.8 Å². The van der Waals surface area contributed by atoms with Gasteiger partial charge in [-0.1, -0.05) is 101 Å². The van der Waals surface area contributed by atoms with Crippen molar-refractivity contribution in [3.05, 3.63) is 98.4 Å². The minimum atomic E-state index is -3.95. The van der Waals surface area contributed by atoms with Crippen molar-refractivity contribution in [3.8, 4) is 0 Å². The summed E-state index contributed by atoms with van der Waals surface area (Å²) in [7, 11) is -3.95. The molecule has 7 nitrogen and oxygen atoms in total. The first-order valence-electron chi connectivity index (χ1n) is 12.8. The summed E-state index contributed by atoms with van der Waals surface area (Å²) < 4.78 is 27.6. The van der Waals surface area contributed by atoms with Gasteiger partial charge in [-0.15, -0.1) is 0 Å². The minimum Gasteiger partial charge on any atom is -0.354 e. The van der Waals surface area contributed by atoms with Gasteiger partial charge in [0.15, 0.2) is 0 Å². The lowest BCUT2D eigenvalue weighted by atomic mass is 10.0. The summed E-state index contributed by atoms with van der Waals surface area (Å²) in [5.41, 5.74) is 1.73. The van der Waals surface area contributed by atoms with Crippen LogP contribution in [0.4, 0.5) is 5.69 Å². The fraction of sp³-hybridized carbons (Fsp3) is 0.310.